The van der Waals surface area contributed by atoms with Crippen molar-refractivity contribution in [1.29, 1.82) is 0 Å². The highest BCUT2D eigenvalue weighted by Crippen LogP contribution is 2.24. The molecule has 2 heterocycles. The van der Waals surface area contributed by atoms with Crippen LogP contribution in [0, 0.1) is 0 Å². The predicted molar refractivity (Wildman–Crippen MR) is 84.7 cm³/mol. The first kappa shape index (κ1) is 18.2. The third-order valence-electron chi connectivity index (χ3n) is 4.01. The fourth-order valence-corrected chi connectivity index (χ4v) is 5.09. The molecule has 120 valence electrons. The Morgan fingerprint density at radius 2 is 1.60 bits per heavy atom. The van der Waals surface area contributed by atoms with Crippen LogP contribution in [0.5, 0.6) is 0 Å². The molecule has 2 N–H and O–H groups in total. The minimum atomic E-state index is -3.05. The van der Waals surface area contributed by atoms with Crippen molar-refractivity contribution in [1.82, 2.24) is 9.21 Å². The van der Waals surface area contributed by atoms with E-state index in [4.69, 9.17) is 5.73 Å². The molecule has 0 aromatic carbocycles. The first-order chi connectivity index (χ1) is 8.79. The van der Waals surface area contributed by atoms with E-state index in [1.165, 1.54) is 0 Å². The number of sulfonamides is 1. The van der Waals surface area contributed by atoms with Crippen molar-refractivity contribution in [2.24, 2.45) is 5.73 Å². The molecule has 0 aromatic heterocycles. The molecule has 2 aliphatic rings. The fraction of sp³-hybridized carbons (Fsp3) is 1.00. The largest absolute Gasteiger partial charge is 0.324 e. The van der Waals surface area contributed by atoms with Crippen LogP contribution in [0.15, 0.2) is 0 Å². The lowest BCUT2D eigenvalue weighted by atomic mass is 10.0. The van der Waals surface area contributed by atoms with Crippen LogP contribution in [-0.2, 0) is 10.0 Å². The highest BCUT2D eigenvalue weighted by atomic mass is 35.5. The summed E-state index contributed by atoms with van der Waals surface area (Å²) in [5.74, 6) is 0. The molecular formula is C13H28ClN3O2S. The van der Waals surface area contributed by atoms with Gasteiger partial charge in [0.05, 0.1) is 5.25 Å². The van der Waals surface area contributed by atoms with Gasteiger partial charge in [-0.1, -0.05) is 0 Å². The normalized spacial score (nSPS) is 23.8. The van der Waals surface area contributed by atoms with Gasteiger partial charge in [0.1, 0.15) is 0 Å². The van der Waals surface area contributed by atoms with Crippen molar-refractivity contribution in [2.45, 2.75) is 50.3 Å². The van der Waals surface area contributed by atoms with Gasteiger partial charge < -0.3 is 10.6 Å². The van der Waals surface area contributed by atoms with Gasteiger partial charge in [-0.25, -0.2) is 12.7 Å². The van der Waals surface area contributed by atoms with Gasteiger partial charge in [-0.3, -0.25) is 0 Å². The molecule has 5 nitrogen and oxygen atoms in total. The molecule has 0 aromatic rings. The summed E-state index contributed by atoms with van der Waals surface area (Å²) in [4.78, 5) is 2.29. The van der Waals surface area contributed by atoms with Gasteiger partial charge in [0.15, 0.2) is 0 Å². The quantitative estimate of drug-likeness (QED) is 0.838. The molecule has 0 radical (unpaired) electrons. The van der Waals surface area contributed by atoms with Crippen LogP contribution in [0.2, 0.25) is 0 Å². The Bertz CT molecular complexity index is 394. The summed E-state index contributed by atoms with van der Waals surface area (Å²) in [7, 11) is -3.05. The molecule has 0 bridgehead atoms. The molecular weight excluding hydrogens is 298 g/mol. The molecule has 20 heavy (non-hydrogen) atoms. The second kappa shape index (κ2) is 6.92. The van der Waals surface area contributed by atoms with Crippen molar-refractivity contribution in [2.75, 3.05) is 32.7 Å². The molecule has 0 unspecified atom stereocenters. The second-order valence-corrected chi connectivity index (χ2v) is 8.83. The minimum absolute atomic E-state index is 0. The van der Waals surface area contributed by atoms with E-state index >= 15 is 0 Å². The zero-order valence-corrected chi connectivity index (χ0v) is 14.2. The van der Waals surface area contributed by atoms with Crippen LogP contribution >= 0.6 is 12.4 Å². The number of nitrogens with zero attached hydrogens (tertiary/aromatic N) is 2. The van der Waals surface area contributed by atoms with Crippen molar-refractivity contribution in [3.05, 3.63) is 0 Å². The van der Waals surface area contributed by atoms with E-state index in [1.54, 1.807) is 4.31 Å². The molecule has 7 heteroatoms. The number of hydrogen-bond donors (Lipinski definition) is 1. The second-order valence-electron chi connectivity index (χ2n) is 6.62. The summed E-state index contributed by atoms with van der Waals surface area (Å²) in [5.41, 5.74) is 5.81. The summed E-state index contributed by atoms with van der Waals surface area (Å²) < 4.78 is 26.6. The zero-order chi connectivity index (χ0) is 14.1. The lowest BCUT2D eigenvalue weighted by molar-refractivity contribution is 0.191. The molecule has 0 atom stereocenters. The Morgan fingerprint density at radius 3 is 2.05 bits per heavy atom. The highest BCUT2D eigenvalue weighted by Gasteiger charge is 2.36. The number of piperidine rings is 1. The number of likely N-dealkylation sites (tertiary alicyclic amines) is 1. The van der Waals surface area contributed by atoms with Gasteiger partial charge in [0, 0.05) is 25.2 Å². The fourth-order valence-electron chi connectivity index (χ4n) is 3.09. The maximum absolute atomic E-state index is 12.5. The number of halogens is 1. The Hall–Kier alpha value is 0.120. The molecule has 2 rings (SSSR count). The molecule has 2 aliphatic heterocycles. The van der Waals surface area contributed by atoms with E-state index in [1.807, 2.05) is 13.8 Å². The molecule has 0 aliphatic carbocycles. The Morgan fingerprint density at radius 1 is 1.10 bits per heavy atom. The molecule has 2 fully saturated rings. The molecule has 0 spiro atoms. The summed E-state index contributed by atoms with van der Waals surface area (Å²) >= 11 is 0. The van der Waals surface area contributed by atoms with Crippen LogP contribution in [0.4, 0.5) is 0 Å². The summed E-state index contributed by atoms with van der Waals surface area (Å²) in [5, 5.41) is -0.178. The minimum Gasteiger partial charge on any atom is -0.324 e. The van der Waals surface area contributed by atoms with Crippen molar-refractivity contribution in [3.8, 4) is 0 Å². The van der Waals surface area contributed by atoms with E-state index in [2.05, 4.69) is 4.90 Å². The van der Waals surface area contributed by atoms with Crippen molar-refractivity contribution in [3.63, 3.8) is 0 Å². The van der Waals surface area contributed by atoms with Gasteiger partial charge in [-0.2, -0.15) is 0 Å². The van der Waals surface area contributed by atoms with Gasteiger partial charge >= 0.3 is 0 Å². The van der Waals surface area contributed by atoms with Crippen molar-refractivity contribution < 1.29 is 8.42 Å². The average Bonchev–Trinajstić information content (AvgIpc) is 2.81. The Balaban J connectivity index is 0.00000200. The highest BCUT2D eigenvalue weighted by molar-refractivity contribution is 7.89. The first-order valence-electron chi connectivity index (χ1n) is 7.29. The van der Waals surface area contributed by atoms with Crippen LogP contribution < -0.4 is 5.73 Å². The van der Waals surface area contributed by atoms with Crippen LogP contribution in [0.3, 0.4) is 0 Å². The maximum atomic E-state index is 12.5. The summed E-state index contributed by atoms with van der Waals surface area (Å²) in [6, 6.07) is 0. The zero-order valence-electron chi connectivity index (χ0n) is 12.5. The number of hydrogen-bond acceptors (Lipinski definition) is 4. The molecule has 0 saturated carbocycles. The van der Waals surface area contributed by atoms with E-state index in [0.717, 1.165) is 58.4 Å². The van der Waals surface area contributed by atoms with Crippen molar-refractivity contribution >= 4 is 22.4 Å². The topological polar surface area (TPSA) is 66.6 Å². The van der Waals surface area contributed by atoms with Crippen LogP contribution in [-0.4, -0.2) is 61.1 Å². The third-order valence-corrected chi connectivity index (χ3v) is 6.41. The Kier molecular flexibility index (Phi) is 6.29. The molecule has 2 saturated heterocycles. The number of nitrogens with two attached hydrogens (primary N) is 1. The van der Waals surface area contributed by atoms with E-state index in [-0.39, 0.29) is 23.2 Å². The van der Waals surface area contributed by atoms with Gasteiger partial charge in [0.2, 0.25) is 10.0 Å². The van der Waals surface area contributed by atoms with Gasteiger partial charge in [-0.15, -0.1) is 12.4 Å². The van der Waals surface area contributed by atoms with Gasteiger partial charge in [-0.05, 0) is 52.6 Å². The first-order valence-corrected chi connectivity index (χ1v) is 8.79. The van der Waals surface area contributed by atoms with E-state index in [0.29, 0.717) is 0 Å². The summed E-state index contributed by atoms with van der Waals surface area (Å²) in [6.07, 6.45) is 3.52. The average molecular weight is 326 g/mol. The van der Waals surface area contributed by atoms with Gasteiger partial charge in [0.25, 0.3) is 0 Å². The van der Waals surface area contributed by atoms with Crippen LogP contribution in [0.25, 0.3) is 0 Å². The standard InChI is InChI=1S/C13H27N3O2S.ClH/c1-13(2,14)11-15-9-5-12(6-10-15)19(17,18)16-7-3-4-8-16;/h12H,3-11,14H2,1-2H3;1H. The monoisotopic (exact) mass is 325 g/mol. The SMILES string of the molecule is CC(C)(N)CN1CCC(S(=O)(=O)N2CCCC2)CC1.Cl. The smallest absolute Gasteiger partial charge is 0.217 e. The lowest BCUT2D eigenvalue weighted by Gasteiger charge is -2.36. The Labute approximate surface area is 129 Å². The maximum Gasteiger partial charge on any atom is 0.217 e. The number of rotatable bonds is 4. The predicted octanol–water partition coefficient (Wildman–Crippen LogP) is 1.04. The van der Waals surface area contributed by atoms with Crippen LogP contribution in [0.1, 0.15) is 39.5 Å². The third kappa shape index (κ3) is 4.56. The van der Waals surface area contributed by atoms with E-state index in [9.17, 15) is 8.42 Å². The lowest BCUT2D eigenvalue weighted by Crippen LogP contribution is -2.50. The summed E-state index contributed by atoms with van der Waals surface area (Å²) in [6.45, 7) is 8.00. The molecule has 0 amide bonds. The van der Waals surface area contributed by atoms with E-state index < -0.39 is 10.0 Å².